The van der Waals surface area contributed by atoms with Crippen LogP contribution in [0.5, 0.6) is 0 Å². The predicted molar refractivity (Wildman–Crippen MR) is 81.6 cm³/mol. The minimum atomic E-state index is -3.91. The number of hydrogen-bond acceptors (Lipinski definition) is 5. The molecule has 0 aliphatic rings. The molecular formula is C12H13ClN4O4S. The van der Waals surface area contributed by atoms with Gasteiger partial charge in [0.2, 0.25) is 0 Å². The maximum Gasteiger partial charge on any atom is 0.289 e. The van der Waals surface area contributed by atoms with Crippen molar-refractivity contribution in [2.24, 2.45) is 7.05 Å². The number of sulfonamides is 1. The molecule has 1 N–H and O–H groups in total. The maximum absolute atomic E-state index is 12.5. The van der Waals surface area contributed by atoms with Crippen molar-refractivity contribution in [1.82, 2.24) is 9.78 Å². The van der Waals surface area contributed by atoms with E-state index < -0.39 is 14.9 Å². The molecule has 118 valence electrons. The van der Waals surface area contributed by atoms with Crippen LogP contribution < -0.4 is 4.72 Å². The minimum absolute atomic E-state index is 0.0487. The van der Waals surface area contributed by atoms with E-state index >= 15 is 0 Å². The van der Waals surface area contributed by atoms with Crippen LogP contribution in [0.4, 0.5) is 11.4 Å². The number of benzene rings is 1. The fourth-order valence-electron chi connectivity index (χ4n) is 2.07. The Bertz CT molecular complexity index is 860. The molecule has 0 saturated heterocycles. The van der Waals surface area contributed by atoms with Gasteiger partial charge in [-0.05, 0) is 26.0 Å². The van der Waals surface area contributed by atoms with Gasteiger partial charge in [-0.2, -0.15) is 5.10 Å². The average molecular weight is 345 g/mol. The lowest BCUT2D eigenvalue weighted by Crippen LogP contribution is -2.15. The lowest BCUT2D eigenvalue weighted by Gasteiger charge is -2.08. The number of halogens is 1. The second kappa shape index (κ2) is 5.58. The predicted octanol–water partition coefficient (Wildman–Crippen LogP) is 2.40. The molecule has 0 bridgehead atoms. The summed E-state index contributed by atoms with van der Waals surface area (Å²) in [6.45, 7) is 3.20. The Labute approximate surface area is 131 Å². The van der Waals surface area contributed by atoms with E-state index in [0.717, 1.165) is 6.07 Å². The molecule has 0 radical (unpaired) electrons. The van der Waals surface area contributed by atoms with E-state index in [1.807, 2.05) is 0 Å². The largest absolute Gasteiger partial charge is 0.289 e. The summed E-state index contributed by atoms with van der Waals surface area (Å²) in [5, 5.41) is 14.8. The Morgan fingerprint density at radius 1 is 1.36 bits per heavy atom. The number of aromatic nitrogens is 2. The van der Waals surface area contributed by atoms with Gasteiger partial charge >= 0.3 is 0 Å². The zero-order valence-electron chi connectivity index (χ0n) is 12.0. The zero-order valence-corrected chi connectivity index (χ0v) is 13.6. The van der Waals surface area contributed by atoms with Gasteiger partial charge in [0.05, 0.1) is 22.0 Å². The Hall–Kier alpha value is -2.13. The quantitative estimate of drug-likeness (QED) is 0.676. The summed E-state index contributed by atoms with van der Waals surface area (Å²) in [5.74, 6) is 0. The van der Waals surface area contributed by atoms with Crippen molar-refractivity contribution in [1.29, 1.82) is 0 Å². The van der Waals surface area contributed by atoms with Crippen LogP contribution in [0.15, 0.2) is 23.1 Å². The van der Waals surface area contributed by atoms with E-state index in [1.54, 1.807) is 20.9 Å². The lowest BCUT2D eigenvalue weighted by molar-refractivity contribution is -0.384. The smallest absolute Gasteiger partial charge is 0.279 e. The molecule has 0 fully saturated rings. The van der Waals surface area contributed by atoms with E-state index in [4.69, 9.17) is 11.6 Å². The molecule has 0 aliphatic carbocycles. The zero-order chi connectivity index (χ0) is 16.7. The van der Waals surface area contributed by atoms with E-state index in [9.17, 15) is 18.5 Å². The average Bonchev–Trinajstić information content (AvgIpc) is 2.65. The van der Waals surface area contributed by atoms with Crippen LogP contribution in [0.2, 0.25) is 5.02 Å². The van der Waals surface area contributed by atoms with Gasteiger partial charge in [0.25, 0.3) is 15.7 Å². The number of hydrogen-bond donors (Lipinski definition) is 1. The highest BCUT2D eigenvalue weighted by molar-refractivity contribution is 7.92. The molecule has 1 aromatic heterocycles. The van der Waals surface area contributed by atoms with Gasteiger partial charge in [0.15, 0.2) is 0 Å². The number of nitrogens with one attached hydrogen (secondary N) is 1. The fourth-order valence-corrected chi connectivity index (χ4v) is 3.74. The monoisotopic (exact) mass is 344 g/mol. The molecular weight excluding hydrogens is 332 g/mol. The Morgan fingerprint density at radius 2 is 2.00 bits per heavy atom. The Morgan fingerprint density at radius 3 is 2.50 bits per heavy atom. The number of nitrogens with zero attached hydrogens (tertiary/aromatic N) is 3. The van der Waals surface area contributed by atoms with Crippen LogP contribution in [0.1, 0.15) is 11.4 Å². The van der Waals surface area contributed by atoms with Crippen molar-refractivity contribution in [3.8, 4) is 0 Å². The summed E-state index contributed by atoms with van der Waals surface area (Å²) in [4.78, 5) is 10.2. The van der Waals surface area contributed by atoms with Crippen LogP contribution in [0.25, 0.3) is 0 Å². The van der Waals surface area contributed by atoms with Crippen molar-refractivity contribution in [3.63, 3.8) is 0 Å². The van der Waals surface area contributed by atoms with Gasteiger partial charge < -0.3 is 0 Å². The molecule has 8 nitrogen and oxygen atoms in total. The first-order valence-electron chi connectivity index (χ1n) is 6.10. The van der Waals surface area contributed by atoms with Gasteiger partial charge in [-0.25, -0.2) is 8.42 Å². The maximum atomic E-state index is 12.5. The first-order chi connectivity index (χ1) is 10.1. The summed E-state index contributed by atoms with van der Waals surface area (Å²) in [6.07, 6.45) is 0. The highest BCUT2D eigenvalue weighted by Gasteiger charge is 2.24. The fraction of sp³-hybridized carbons (Fsp3) is 0.250. The lowest BCUT2D eigenvalue weighted by atomic mass is 10.3. The summed E-state index contributed by atoms with van der Waals surface area (Å²) in [7, 11) is -2.27. The molecule has 1 heterocycles. The first kappa shape index (κ1) is 16.2. The van der Waals surface area contributed by atoms with Crippen molar-refractivity contribution in [3.05, 3.63) is 44.7 Å². The number of anilines is 1. The van der Waals surface area contributed by atoms with Crippen molar-refractivity contribution < 1.29 is 13.3 Å². The second-order valence-corrected chi connectivity index (χ2v) is 6.68. The summed E-state index contributed by atoms with van der Waals surface area (Å²) in [6, 6.07) is 3.69. The van der Waals surface area contributed by atoms with E-state index in [2.05, 4.69) is 9.82 Å². The van der Waals surface area contributed by atoms with Crippen molar-refractivity contribution in [2.75, 3.05) is 4.72 Å². The third kappa shape index (κ3) is 2.90. The molecule has 0 spiro atoms. The van der Waals surface area contributed by atoms with Crippen LogP contribution in [-0.2, 0) is 17.1 Å². The number of nitro benzene ring substituents is 1. The highest BCUT2D eigenvalue weighted by atomic mass is 35.5. The molecule has 0 aliphatic heterocycles. The van der Waals surface area contributed by atoms with Crippen LogP contribution in [0.3, 0.4) is 0 Å². The Kier molecular flexibility index (Phi) is 4.12. The minimum Gasteiger partial charge on any atom is -0.279 e. The third-order valence-corrected chi connectivity index (χ3v) is 5.06. The SMILES string of the molecule is Cc1nn(C)c(C)c1S(=O)(=O)Nc1ccc(Cl)c([N+](=O)[O-])c1. The highest BCUT2D eigenvalue weighted by Crippen LogP contribution is 2.29. The molecule has 0 saturated carbocycles. The van der Waals surface area contributed by atoms with Gasteiger partial charge in [-0.15, -0.1) is 0 Å². The third-order valence-electron chi connectivity index (χ3n) is 3.11. The summed E-state index contributed by atoms with van der Waals surface area (Å²) >= 11 is 5.70. The molecule has 0 unspecified atom stereocenters. The standard InChI is InChI=1S/C12H13ClN4O4S/c1-7-12(8(2)16(3)14-7)22(20,21)15-9-4-5-10(13)11(6-9)17(18)19/h4-6,15H,1-3H3. The second-order valence-electron chi connectivity index (χ2n) is 4.65. The first-order valence-corrected chi connectivity index (χ1v) is 7.96. The summed E-state index contributed by atoms with van der Waals surface area (Å²) < 4.78 is 28.7. The molecule has 1 aromatic carbocycles. The molecule has 0 amide bonds. The molecule has 0 atom stereocenters. The van der Waals surface area contributed by atoms with Crippen LogP contribution in [0, 0.1) is 24.0 Å². The van der Waals surface area contributed by atoms with Gasteiger partial charge in [0.1, 0.15) is 9.92 Å². The van der Waals surface area contributed by atoms with Gasteiger partial charge in [-0.1, -0.05) is 11.6 Å². The Balaban J connectivity index is 2.46. The van der Waals surface area contributed by atoms with Crippen molar-refractivity contribution in [2.45, 2.75) is 18.7 Å². The van der Waals surface area contributed by atoms with E-state index in [1.165, 1.54) is 16.8 Å². The molecule has 10 heteroatoms. The number of aryl methyl sites for hydroxylation is 2. The molecule has 2 rings (SSSR count). The van der Waals surface area contributed by atoms with Gasteiger partial charge in [0, 0.05) is 13.1 Å². The van der Waals surface area contributed by atoms with Crippen LogP contribution >= 0.6 is 11.6 Å². The van der Waals surface area contributed by atoms with Crippen LogP contribution in [-0.4, -0.2) is 23.1 Å². The van der Waals surface area contributed by atoms with E-state index in [-0.39, 0.29) is 21.3 Å². The summed E-state index contributed by atoms with van der Waals surface area (Å²) in [5.41, 5.74) is 0.490. The topological polar surface area (TPSA) is 107 Å². The molecule has 22 heavy (non-hydrogen) atoms. The number of rotatable bonds is 4. The van der Waals surface area contributed by atoms with E-state index in [0.29, 0.717) is 11.4 Å². The number of nitro groups is 1. The molecule has 2 aromatic rings. The van der Waals surface area contributed by atoms with Crippen molar-refractivity contribution >= 4 is 33.0 Å². The normalized spacial score (nSPS) is 11.5. The van der Waals surface area contributed by atoms with Gasteiger partial charge in [-0.3, -0.25) is 19.5 Å².